The highest BCUT2D eigenvalue weighted by molar-refractivity contribution is 6.09. The van der Waals surface area contributed by atoms with Gasteiger partial charge in [0, 0.05) is 0 Å². The molecule has 5 rings (SSSR count). The van der Waals surface area contributed by atoms with Gasteiger partial charge < -0.3 is 0 Å². The van der Waals surface area contributed by atoms with Crippen LogP contribution >= 0.6 is 0 Å². The molecule has 0 heterocycles. The van der Waals surface area contributed by atoms with E-state index in [0.717, 1.165) is 16.5 Å². The lowest BCUT2D eigenvalue weighted by Crippen LogP contribution is -1.84. The fourth-order valence-corrected chi connectivity index (χ4v) is 3.57. The fourth-order valence-electron chi connectivity index (χ4n) is 3.57. The van der Waals surface area contributed by atoms with Gasteiger partial charge in [0.1, 0.15) is 0 Å². The minimum atomic E-state index is 0.569. The fraction of sp³-hybridized carbons (Fsp3) is 0. The van der Waals surface area contributed by atoms with E-state index in [9.17, 15) is 0 Å². The molecule has 0 fully saturated rings. The Balaban J connectivity index is 1.94. The highest BCUT2D eigenvalue weighted by Gasteiger charge is 2.08. The molecule has 0 aliphatic carbocycles. The molecule has 0 nitrogen and oxygen atoms in total. The predicted octanol–water partition coefficient (Wildman–Crippen LogP) is 6.81. The van der Waals surface area contributed by atoms with Gasteiger partial charge in [0.2, 0.25) is 0 Å². The third-order valence-electron chi connectivity index (χ3n) is 4.74. The van der Waals surface area contributed by atoms with Crippen LogP contribution in [0.1, 0.15) is 1.37 Å². The standard InChI is InChI=1S/C24H16/c1-2-9-19-16-24-20(15-18(19)8-1)11-6-14-23(24)22-13-5-10-17-7-3-4-12-21(17)22/h1-16H/i14D. The number of hydrogen-bond acceptors (Lipinski definition) is 0. The SMILES string of the molecule is [2H]c1ccc2cc3ccccc3cc2c1-c1cccc2ccccc12. The molecular formula is C24H16. The summed E-state index contributed by atoms with van der Waals surface area (Å²) in [6.07, 6.45) is 0. The molecule has 0 saturated carbocycles. The number of hydrogen-bond donors (Lipinski definition) is 0. The van der Waals surface area contributed by atoms with Crippen LogP contribution in [0.5, 0.6) is 0 Å². The van der Waals surface area contributed by atoms with Gasteiger partial charge >= 0.3 is 0 Å². The summed E-state index contributed by atoms with van der Waals surface area (Å²) in [6.45, 7) is 0. The Morgan fingerprint density at radius 1 is 0.458 bits per heavy atom. The van der Waals surface area contributed by atoms with Crippen LogP contribution in [0, 0.1) is 0 Å². The Morgan fingerprint density at radius 2 is 1.12 bits per heavy atom. The smallest absolute Gasteiger partial charge is 0.0616 e. The van der Waals surface area contributed by atoms with Crippen molar-refractivity contribution in [2.45, 2.75) is 0 Å². The average molecular weight is 305 g/mol. The van der Waals surface area contributed by atoms with E-state index in [4.69, 9.17) is 1.37 Å². The normalized spacial score (nSPS) is 11.9. The Hall–Kier alpha value is -3.12. The summed E-state index contributed by atoms with van der Waals surface area (Å²) < 4.78 is 8.57. The van der Waals surface area contributed by atoms with E-state index in [1.807, 2.05) is 6.07 Å². The molecule has 0 atom stereocenters. The topological polar surface area (TPSA) is 0 Å². The Morgan fingerprint density at radius 3 is 2.00 bits per heavy atom. The van der Waals surface area contributed by atoms with Crippen LogP contribution in [0.4, 0.5) is 0 Å². The van der Waals surface area contributed by atoms with Crippen molar-refractivity contribution in [3.05, 3.63) is 97.0 Å². The van der Waals surface area contributed by atoms with Crippen molar-refractivity contribution in [3.8, 4) is 11.1 Å². The second-order valence-corrected chi connectivity index (χ2v) is 6.17. The summed E-state index contributed by atoms with van der Waals surface area (Å²) in [5, 5.41) is 7.16. The maximum atomic E-state index is 8.57. The lowest BCUT2D eigenvalue weighted by molar-refractivity contribution is 1.69. The van der Waals surface area contributed by atoms with Gasteiger partial charge in [-0.15, -0.1) is 0 Å². The van der Waals surface area contributed by atoms with Gasteiger partial charge in [-0.1, -0.05) is 84.9 Å². The van der Waals surface area contributed by atoms with Crippen molar-refractivity contribution < 1.29 is 1.37 Å². The van der Waals surface area contributed by atoms with Gasteiger partial charge in [0.05, 0.1) is 1.37 Å². The van der Waals surface area contributed by atoms with Gasteiger partial charge in [-0.2, -0.15) is 0 Å². The average Bonchev–Trinajstić information content (AvgIpc) is 2.66. The first kappa shape index (κ1) is 12.3. The lowest BCUT2D eigenvalue weighted by Gasteiger charge is -2.11. The van der Waals surface area contributed by atoms with Crippen LogP contribution in [-0.4, -0.2) is 0 Å². The van der Waals surface area contributed by atoms with Gasteiger partial charge in [-0.05, 0) is 55.6 Å². The highest BCUT2D eigenvalue weighted by Crippen LogP contribution is 2.35. The summed E-state index contributed by atoms with van der Waals surface area (Å²) in [4.78, 5) is 0. The van der Waals surface area contributed by atoms with Crippen LogP contribution < -0.4 is 0 Å². The van der Waals surface area contributed by atoms with Crippen LogP contribution in [0.3, 0.4) is 0 Å². The summed E-state index contributed by atoms with van der Waals surface area (Å²) in [7, 11) is 0. The van der Waals surface area contributed by atoms with E-state index in [2.05, 4.69) is 84.9 Å². The Bertz CT molecular complexity index is 1250. The molecule has 0 unspecified atom stereocenters. The van der Waals surface area contributed by atoms with Crippen molar-refractivity contribution in [3.63, 3.8) is 0 Å². The van der Waals surface area contributed by atoms with Crippen LogP contribution in [0.25, 0.3) is 43.4 Å². The van der Waals surface area contributed by atoms with E-state index in [-0.39, 0.29) is 0 Å². The molecular weight excluding hydrogens is 288 g/mol. The summed E-state index contributed by atoms with van der Waals surface area (Å²) in [5.74, 6) is 0. The second-order valence-electron chi connectivity index (χ2n) is 6.17. The van der Waals surface area contributed by atoms with Gasteiger partial charge in [-0.3, -0.25) is 0 Å². The maximum Gasteiger partial charge on any atom is 0.0629 e. The molecule has 0 aliphatic rings. The van der Waals surface area contributed by atoms with Gasteiger partial charge in [0.25, 0.3) is 0 Å². The van der Waals surface area contributed by atoms with E-state index in [1.165, 1.54) is 26.9 Å². The van der Waals surface area contributed by atoms with Crippen molar-refractivity contribution in [1.29, 1.82) is 0 Å². The molecule has 5 aromatic carbocycles. The summed E-state index contributed by atoms with van der Waals surface area (Å²) in [6, 6.07) is 32.1. The highest BCUT2D eigenvalue weighted by atomic mass is 14.1. The van der Waals surface area contributed by atoms with E-state index < -0.39 is 0 Å². The zero-order chi connectivity index (χ0) is 16.8. The zero-order valence-corrected chi connectivity index (χ0v) is 13.2. The number of benzene rings is 5. The minimum absolute atomic E-state index is 0.569. The summed E-state index contributed by atoms with van der Waals surface area (Å²) >= 11 is 0. The van der Waals surface area contributed by atoms with Crippen molar-refractivity contribution in [2.75, 3.05) is 0 Å². The lowest BCUT2D eigenvalue weighted by atomic mass is 9.92. The molecule has 0 spiro atoms. The molecule has 0 bridgehead atoms. The first-order valence-electron chi connectivity index (χ1n) is 8.71. The Labute approximate surface area is 142 Å². The van der Waals surface area contributed by atoms with E-state index in [1.54, 1.807) is 0 Å². The molecule has 5 aromatic rings. The van der Waals surface area contributed by atoms with Crippen LogP contribution in [0.15, 0.2) is 97.0 Å². The third kappa shape index (κ3) is 2.00. The van der Waals surface area contributed by atoms with E-state index >= 15 is 0 Å². The van der Waals surface area contributed by atoms with Crippen molar-refractivity contribution >= 4 is 32.3 Å². The molecule has 112 valence electrons. The number of rotatable bonds is 1. The maximum absolute atomic E-state index is 8.57. The molecule has 24 heavy (non-hydrogen) atoms. The number of fused-ring (bicyclic) bond motifs is 3. The second kappa shape index (κ2) is 5.21. The van der Waals surface area contributed by atoms with Crippen molar-refractivity contribution in [2.24, 2.45) is 0 Å². The van der Waals surface area contributed by atoms with E-state index in [0.29, 0.717) is 6.04 Å². The molecule has 0 amide bonds. The monoisotopic (exact) mass is 305 g/mol. The minimum Gasteiger partial charge on any atom is -0.0616 e. The van der Waals surface area contributed by atoms with Gasteiger partial charge in [0.15, 0.2) is 0 Å². The molecule has 0 aromatic heterocycles. The molecule has 0 saturated heterocycles. The molecule has 0 N–H and O–H groups in total. The molecule has 0 aliphatic heterocycles. The predicted molar refractivity (Wildman–Crippen MR) is 104 cm³/mol. The molecule has 0 radical (unpaired) electrons. The Kier molecular flexibility index (Phi) is 2.67. The summed E-state index contributed by atoms with van der Waals surface area (Å²) in [5.41, 5.74) is 2.14. The first-order valence-corrected chi connectivity index (χ1v) is 8.21. The molecule has 0 heteroatoms. The first-order chi connectivity index (χ1) is 12.3. The van der Waals surface area contributed by atoms with Crippen LogP contribution in [0.2, 0.25) is 0 Å². The van der Waals surface area contributed by atoms with Gasteiger partial charge in [-0.25, -0.2) is 0 Å². The largest absolute Gasteiger partial charge is 0.0629 e. The quantitative estimate of drug-likeness (QED) is 0.298. The van der Waals surface area contributed by atoms with Crippen molar-refractivity contribution in [1.82, 2.24) is 0 Å². The van der Waals surface area contributed by atoms with Crippen LogP contribution in [-0.2, 0) is 0 Å². The zero-order valence-electron chi connectivity index (χ0n) is 14.2. The third-order valence-corrected chi connectivity index (χ3v) is 4.74.